The maximum Gasteiger partial charge on any atom is 0.130 e. The van der Waals surface area contributed by atoms with Gasteiger partial charge in [-0.25, -0.2) is 4.39 Å². The van der Waals surface area contributed by atoms with Crippen molar-refractivity contribution in [2.24, 2.45) is 0 Å². The van der Waals surface area contributed by atoms with Crippen LogP contribution in [0, 0.1) is 12.7 Å². The van der Waals surface area contributed by atoms with Gasteiger partial charge in [-0.1, -0.05) is 73.5 Å². The Morgan fingerprint density at radius 2 is 1.64 bits per heavy atom. The molecule has 0 saturated heterocycles. The number of phenols is 1. The molecule has 2 aromatic rings. The van der Waals surface area contributed by atoms with E-state index in [9.17, 15) is 9.50 Å². The molecule has 0 aliphatic heterocycles. The molecule has 0 heterocycles. The molecule has 0 aliphatic carbocycles. The van der Waals surface area contributed by atoms with E-state index in [-0.39, 0.29) is 25.0 Å². The van der Waals surface area contributed by atoms with Gasteiger partial charge < -0.3 is 5.11 Å². The number of rotatable bonds is 5. The lowest BCUT2D eigenvalue weighted by atomic mass is 9.81. The quantitative estimate of drug-likeness (QED) is 0.634. The van der Waals surface area contributed by atoms with Crippen LogP contribution in [0.25, 0.3) is 0 Å². The minimum atomic E-state index is -0.252. The SMILES string of the molecule is CCC(CC)(Pc1ccccc1F)c1cc(C(C)(C)C)cc(C)c1O. The van der Waals surface area contributed by atoms with Gasteiger partial charge in [-0.05, 0) is 42.4 Å². The molecule has 1 atom stereocenters. The van der Waals surface area contributed by atoms with Crippen molar-refractivity contribution in [1.29, 1.82) is 0 Å². The molecule has 1 nitrogen and oxygen atoms in total. The van der Waals surface area contributed by atoms with Gasteiger partial charge in [-0.15, -0.1) is 0 Å². The third-order valence-electron chi connectivity index (χ3n) is 5.14. The second-order valence-corrected chi connectivity index (χ2v) is 9.58. The summed E-state index contributed by atoms with van der Waals surface area (Å²) in [6, 6.07) is 11.2. The van der Waals surface area contributed by atoms with Crippen LogP contribution in [0.4, 0.5) is 4.39 Å². The van der Waals surface area contributed by atoms with Crippen molar-refractivity contribution in [2.45, 2.75) is 65.0 Å². The third kappa shape index (κ3) is 4.06. The predicted molar refractivity (Wildman–Crippen MR) is 108 cm³/mol. The first-order chi connectivity index (χ1) is 11.6. The lowest BCUT2D eigenvalue weighted by molar-refractivity contribution is 0.442. The molecular formula is C22H30FOP. The summed E-state index contributed by atoms with van der Waals surface area (Å²) in [5.74, 6) is 0.204. The van der Waals surface area contributed by atoms with Crippen LogP contribution < -0.4 is 5.30 Å². The predicted octanol–water partition coefficient (Wildman–Crippen LogP) is 6.16. The maximum absolute atomic E-state index is 14.3. The highest BCUT2D eigenvalue weighted by molar-refractivity contribution is 7.48. The van der Waals surface area contributed by atoms with E-state index < -0.39 is 0 Å². The number of hydrogen-bond acceptors (Lipinski definition) is 1. The molecule has 0 bridgehead atoms. The summed E-state index contributed by atoms with van der Waals surface area (Å²) in [4.78, 5) is 0. The number of aromatic hydroxyl groups is 1. The van der Waals surface area contributed by atoms with Gasteiger partial charge in [0.25, 0.3) is 0 Å². The smallest absolute Gasteiger partial charge is 0.130 e. The van der Waals surface area contributed by atoms with Crippen molar-refractivity contribution in [3.05, 3.63) is 58.9 Å². The fourth-order valence-electron chi connectivity index (χ4n) is 3.27. The summed E-state index contributed by atoms with van der Waals surface area (Å²) in [6.45, 7) is 12.8. The Labute approximate surface area is 153 Å². The maximum atomic E-state index is 14.3. The number of aryl methyl sites for hydroxylation is 1. The molecule has 1 N–H and O–H groups in total. The Kier molecular flexibility index (Phi) is 5.94. The highest BCUT2D eigenvalue weighted by Crippen LogP contribution is 2.51. The van der Waals surface area contributed by atoms with E-state index in [4.69, 9.17) is 0 Å². The van der Waals surface area contributed by atoms with Gasteiger partial charge in [0.2, 0.25) is 0 Å². The van der Waals surface area contributed by atoms with Crippen LogP contribution in [-0.2, 0) is 10.6 Å². The summed E-state index contributed by atoms with van der Waals surface area (Å²) in [5.41, 5.74) is 3.07. The molecule has 0 aliphatic rings. The number of halogens is 1. The number of phenolic OH excluding ortho intramolecular Hbond substituents is 1. The number of benzene rings is 2. The molecule has 0 spiro atoms. The van der Waals surface area contributed by atoms with E-state index in [1.165, 1.54) is 11.6 Å². The first-order valence-electron chi connectivity index (χ1n) is 9.02. The first-order valence-corrected chi connectivity index (χ1v) is 10.0. The zero-order valence-corrected chi connectivity index (χ0v) is 17.2. The van der Waals surface area contributed by atoms with Crippen LogP contribution in [0.15, 0.2) is 36.4 Å². The summed E-state index contributed by atoms with van der Waals surface area (Å²) in [6.07, 6.45) is 1.72. The van der Waals surface area contributed by atoms with Crippen LogP contribution in [0.3, 0.4) is 0 Å². The average Bonchev–Trinajstić information content (AvgIpc) is 2.56. The largest absolute Gasteiger partial charge is 0.507 e. The van der Waals surface area contributed by atoms with E-state index in [2.05, 4.69) is 46.8 Å². The van der Waals surface area contributed by atoms with Gasteiger partial charge in [0.05, 0.1) is 0 Å². The van der Waals surface area contributed by atoms with E-state index in [1.807, 2.05) is 19.1 Å². The van der Waals surface area contributed by atoms with Crippen LogP contribution >= 0.6 is 8.58 Å². The average molecular weight is 360 g/mol. The van der Waals surface area contributed by atoms with E-state index in [0.29, 0.717) is 5.75 Å². The Morgan fingerprint density at radius 3 is 2.16 bits per heavy atom. The van der Waals surface area contributed by atoms with Gasteiger partial charge >= 0.3 is 0 Å². The topological polar surface area (TPSA) is 20.2 Å². The van der Waals surface area contributed by atoms with Gasteiger partial charge in [0.1, 0.15) is 11.6 Å². The van der Waals surface area contributed by atoms with Gasteiger partial charge in [-0.3, -0.25) is 0 Å². The fraction of sp³-hybridized carbons (Fsp3) is 0.455. The fourth-order valence-corrected chi connectivity index (χ4v) is 4.85. The normalized spacial score (nSPS) is 12.9. The second-order valence-electron chi connectivity index (χ2n) is 7.83. The zero-order chi connectivity index (χ0) is 18.8. The standard InChI is InChI=1S/C22H30FOP/c1-7-22(8-2,25-19-12-10-9-11-18(19)23)17-14-16(21(4,5)6)13-15(3)20(17)24/h9-14,24-25H,7-8H2,1-6H3. The molecule has 136 valence electrons. The molecule has 0 saturated carbocycles. The van der Waals surface area contributed by atoms with E-state index >= 15 is 0 Å². The molecular weight excluding hydrogens is 330 g/mol. The molecule has 0 radical (unpaired) electrons. The molecule has 0 amide bonds. The third-order valence-corrected chi connectivity index (χ3v) is 7.27. The number of hydrogen-bond donors (Lipinski definition) is 1. The molecule has 3 heteroatoms. The van der Waals surface area contributed by atoms with Crippen molar-refractivity contribution >= 4 is 13.9 Å². The molecule has 25 heavy (non-hydrogen) atoms. The Bertz CT molecular complexity index is 742. The van der Waals surface area contributed by atoms with Crippen molar-refractivity contribution in [2.75, 3.05) is 0 Å². The molecule has 1 unspecified atom stereocenters. The molecule has 2 aromatic carbocycles. The lowest BCUT2D eigenvalue weighted by Crippen LogP contribution is -2.24. The zero-order valence-electron chi connectivity index (χ0n) is 16.2. The summed E-state index contributed by atoms with van der Waals surface area (Å²) < 4.78 is 14.3. The second kappa shape index (κ2) is 7.46. The lowest BCUT2D eigenvalue weighted by Gasteiger charge is -2.35. The summed E-state index contributed by atoms with van der Waals surface area (Å²) in [5, 5.41) is 11.3. The highest BCUT2D eigenvalue weighted by atomic mass is 31.1. The Morgan fingerprint density at radius 1 is 1.04 bits per heavy atom. The minimum absolute atomic E-state index is 0.00153. The summed E-state index contributed by atoms with van der Waals surface area (Å²) in [7, 11) is 0.280. The first kappa shape index (κ1) is 19.9. The van der Waals surface area contributed by atoms with Crippen molar-refractivity contribution in [3.8, 4) is 5.75 Å². The van der Waals surface area contributed by atoms with Crippen LogP contribution in [0.5, 0.6) is 5.75 Å². The Hall–Kier alpha value is -1.40. The van der Waals surface area contributed by atoms with E-state index in [1.54, 1.807) is 6.07 Å². The van der Waals surface area contributed by atoms with Crippen LogP contribution in [-0.4, -0.2) is 5.11 Å². The monoisotopic (exact) mass is 360 g/mol. The molecule has 0 fully saturated rings. The van der Waals surface area contributed by atoms with Gasteiger partial charge in [0, 0.05) is 16.0 Å². The minimum Gasteiger partial charge on any atom is -0.507 e. The van der Waals surface area contributed by atoms with Gasteiger partial charge in [0.15, 0.2) is 0 Å². The van der Waals surface area contributed by atoms with Crippen LogP contribution in [0.1, 0.15) is 64.2 Å². The Balaban J connectivity index is 2.64. The van der Waals surface area contributed by atoms with Crippen LogP contribution in [0.2, 0.25) is 0 Å². The summed E-state index contributed by atoms with van der Waals surface area (Å²) >= 11 is 0. The highest BCUT2D eigenvalue weighted by Gasteiger charge is 2.34. The molecule has 2 rings (SSSR count). The molecule has 0 aromatic heterocycles. The van der Waals surface area contributed by atoms with Crippen molar-refractivity contribution in [3.63, 3.8) is 0 Å². The van der Waals surface area contributed by atoms with E-state index in [0.717, 1.165) is 29.3 Å². The van der Waals surface area contributed by atoms with Gasteiger partial charge in [-0.2, -0.15) is 0 Å². The van der Waals surface area contributed by atoms with Crippen molar-refractivity contribution in [1.82, 2.24) is 0 Å². The van der Waals surface area contributed by atoms with Crippen molar-refractivity contribution < 1.29 is 9.50 Å².